The molecule has 0 unspecified atom stereocenters. The smallest absolute Gasteiger partial charge is 0.115 e. The van der Waals surface area contributed by atoms with Crippen LogP contribution in [0.25, 0.3) is 0 Å². The second-order valence-corrected chi connectivity index (χ2v) is 4.89. The minimum absolute atomic E-state index is 0.587. The first-order chi connectivity index (χ1) is 7.72. The highest BCUT2D eigenvalue weighted by atomic mass is 19.1. The Labute approximate surface area is 96.9 Å². The Morgan fingerprint density at radius 1 is 1.25 bits per heavy atom. The molecule has 16 heavy (non-hydrogen) atoms. The molecular weight excluding hydrogens is 201 g/mol. The molecule has 0 bridgehead atoms. The summed E-state index contributed by atoms with van der Waals surface area (Å²) in [5, 5.41) is 0. The Balaban J connectivity index is 1.98. The van der Waals surface area contributed by atoms with Crippen molar-refractivity contribution in [2.75, 3.05) is 6.54 Å². The van der Waals surface area contributed by atoms with E-state index in [1.807, 2.05) is 12.1 Å². The molecule has 0 radical (unpaired) electrons. The van der Waals surface area contributed by atoms with E-state index in [9.17, 15) is 4.39 Å². The molecule has 0 saturated heterocycles. The van der Waals surface area contributed by atoms with E-state index in [0.29, 0.717) is 6.42 Å². The maximum Gasteiger partial charge on any atom is 0.115 e. The van der Waals surface area contributed by atoms with E-state index in [1.165, 1.54) is 5.56 Å². The minimum atomic E-state index is -0.910. The Hall–Kier alpha value is -0.890. The monoisotopic (exact) mass is 221 g/mol. The first-order valence-electron chi connectivity index (χ1n) is 6.19. The van der Waals surface area contributed by atoms with Gasteiger partial charge in [0.25, 0.3) is 0 Å². The molecule has 2 rings (SSSR count). The zero-order valence-corrected chi connectivity index (χ0v) is 9.71. The summed E-state index contributed by atoms with van der Waals surface area (Å²) < 4.78 is 14.0. The maximum atomic E-state index is 14.0. The average molecular weight is 221 g/mol. The molecule has 0 aliphatic heterocycles. The highest BCUT2D eigenvalue weighted by molar-refractivity contribution is 5.25. The lowest BCUT2D eigenvalue weighted by atomic mass is 9.77. The fraction of sp³-hybridized carbons (Fsp3) is 0.571. The van der Waals surface area contributed by atoms with E-state index in [4.69, 9.17) is 5.73 Å². The summed E-state index contributed by atoms with van der Waals surface area (Å²) in [6.45, 7) is 0.720. The summed E-state index contributed by atoms with van der Waals surface area (Å²) in [7, 11) is 0. The van der Waals surface area contributed by atoms with E-state index in [2.05, 4.69) is 12.1 Å². The van der Waals surface area contributed by atoms with Gasteiger partial charge in [0.15, 0.2) is 0 Å². The van der Waals surface area contributed by atoms with Crippen LogP contribution < -0.4 is 5.73 Å². The lowest BCUT2D eigenvalue weighted by molar-refractivity contribution is 0.0641. The van der Waals surface area contributed by atoms with Crippen LogP contribution in [0.2, 0.25) is 0 Å². The molecule has 0 amide bonds. The van der Waals surface area contributed by atoms with E-state index in [1.54, 1.807) is 0 Å². The molecule has 1 nitrogen and oxygen atoms in total. The Kier molecular flexibility index (Phi) is 3.59. The maximum absolute atomic E-state index is 14.0. The second-order valence-electron chi connectivity index (χ2n) is 4.89. The van der Waals surface area contributed by atoms with E-state index < -0.39 is 5.67 Å². The van der Waals surface area contributed by atoms with Gasteiger partial charge in [-0.2, -0.15) is 0 Å². The first kappa shape index (κ1) is 11.6. The van der Waals surface area contributed by atoms with Crippen molar-refractivity contribution in [2.24, 2.45) is 5.73 Å². The van der Waals surface area contributed by atoms with Gasteiger partial charge in [0.2, 0.25) is 0 Å². The molecule has 0 spiro atoms. The van der Waals surface area contributed by atoms with Gasteiger partial charge in [-0.15, -0.1) is 0 Å². The van der Waals surface area contributed by atoms with Gasteiger partial charge in [0.05, 0.1) is 0 Å². The predicted molar refractivity (Wildman–Crippen MR) is 65.2 cm³/mol. The fourth-order valence-corrected chi connectivity index (χ4v) is 2.30. The van der Waals surface area contributed by atoms with Crippen molar-refractivity contribution >= 4 is 0 Å². The third-order valence-corrected chi connectivity index (χ3v) is 3.43. The number of hydrogen-bond acceptors (Lipinski definition) is 1. The third-order valence-electron chi connectivity index (χ3n) is 3.43. The van der Waals surface area contributed by atoms with Gasteiger partial charge in [-0.1, -0.05) is 24.3 Å². The largest absolute Gasteiger partial charge is 0.330 e. The predicted octanol–water partition coefficient (Wildman–Crippen LogP) is 3.01. The van der Waals surface area contributed by atoms with Gasteiger partial charge in [-0.25, -0.2) is 4.39 Å². The number of aryl methyl sites for hydroxylation is 1. The van der Waals surface area contributed by atoms with Gasteiger partial charge in [-0.05, 0) is 49.8 Å². The van der Waals surface area contributed by atoms with Crippen LogP contribution >= 0.6 is 0 Å². The van der Waals surface area contributed by atoms with Crippen LogP contribution in [-0.2, 0) is 12.8 Å². The van der Waals surface area contributed by atoms with Crippen molar-refractivity contribution in [3.05, 3.63) is 35.4 Å². The number of rotatable bonds is 5. The van der Waals surface area contributed by atoms with Crippen LogP contribution in [0, 0.1) is 0 Å². The van der Waals surface area contributed by atoms with Gasteiger partial charge in [0, 0.05) is 6.42 Å². The highest BCUT2D eigenvalue weighted by Crippen LogP contribution is 2.38. The SMILES string of the molecule is NCCCc1cccc(CC2(F)CCC2)c1. The van der Waals surface area contributed by atoms with E-state index >= 15 is 0 Å². The zero-order chi connectivity index (χ0) is 11.4. The number of hydrogen-bond donors (Lipinski definition) is 1. The quantitative estimate of drug-likeness (QED) is 0.812. The summed E-state index contributed by atoms with van der Waals surface area (Å²) in [5.74, 6) is 0. The molecule has 0 atom stereocenters. The van der Waals surface area contributed by atoms with Crippen molar-refractivity contribution < 1.29 is 4.39 Å². The molecule has 2 N–H and O–H groups in total. The van der Waals surface area contributed by atoms with Crippen molar-refractivity contribution in [1.82, 2.24) is 0 Å². The molecule has 1 fully saturated rings. The van der Waals surface area contributed by atoms with Gasteiger partial charge < -0.3 is 5.73 Å². The molecule has 1 aliphatic rings. The molecular formula is C14H20FN. The number of alkyl halides is 1. The average Bonchev–Trinajstić information content (AvgIpc) is 2.25. The topological polar surface area (TPSA) is 26.0 Å². The van der Waals surface area contributed by atoms with Crippen LogP contribution in [0.5, 0.6) is 0 Å². The molecule has 0 aromatic heterocycles. The van der Waals surface area contributed by atoms with E-state index in [-0.39, 0.29) is 0 Å². The van der Waals surface area contributed by atoms with Crippen LogP contribution in [-0.4, -0.2) is 12.2 Å². The summed E-state index contributed by atoms with van der Waals surface area (Å²) in [6, 6.07) is 8.30. The zero-order valence-electron chi connectivity index (χ0n) is 9.71. The lowest BCUT2D eigenvalue weighted by Crippen LogP contribution is -2.34. The van der Waals surface area contributed by atoms with Crippen molar-refractivity contribution in [3.8, 4) is 0 Å². The summed E-state index contributed by atoms with van der Waals surface area (Å²) in [4.78, 5) is 0. The molecule has 1 aliphatic carbocycles. The molecule has 1 aromatic rings. The standard InChI is InChI=1S/C14H20FN/c15-14(7-3-8-14)11-13-5-1-4-12(10-13)6-2-9-16/h1,4-5,10H,2-3,6-9,11,16H2. The number of nitrogens with two attached hydrogens (primary N) is 1. The first-order valence-corrected chi connectivity index (χ1v) is 6.19. The summed E-state index contributed by atoms with van der Waals surface area (Å²) in [6.07, 6.45) is 5.11. The van der Waals surface area contributed by atoms with Crippen LogP contribution in [0.4, 0.5) is 4.39 Å². The molecule has 2 heteroatoms. The normalized spacial score (nSPS) is 18.1. The Bertz CT molecular complexity index is 344. The molecule has 0 heterocycles. The van der Waals surface area contributed by atoms with Gasteiger partial charge in [0.1, 0.15) is 5.67 Å². The van der Waals surface area contributed by atoms with Crippen LogP contribution in [0.15, 0.2) is 24.3 Å². The minimum Gasteiger partial charge on any atom is -0.330 e. The number of benzene rings is 1. The lowest BCUT2D eigenvalue weighted by Gasteiger charge is -2.34. The highest BCUT2D eigenvalue weighted by Gasteiger charge is 2.36. The summed E-state index contributed by atoms with van der Waals surface area (Å²) in [5.41, 5.74) is 7.00. The molecule has 88 valence electrons. The van der Waals surface area contributed by atoms with Crippen molar-refractivity contribution in [3.63, 3.8) is 0 Å². The number of halogens is 1. The van der Waals surface area contributed by atoms with Gasteiger partial charge >= 0.3 is 0 Å². The van der Waals surface area contributed by atoms with Crippen LogP contribution in [0.1, 0.15) is 36.8 Å². The fourth-order valence-electron chi connectivity index (χ4n) is 2.30. The molecule has 1 aromatic carbocycles. The van der Waals surface area contributed by atoms with Crippen LogP contribution in [0.3, 0.4) is 0 Å². The van der Waals surface area contributed by atoms with Crippen molar-refractivity contribution in [2.45, 2.75) is 44.2 Å². The second kappa shape index (κ2) is 4.96. The van der Waals surface area contributed by atoms with Crippen molar-refractivity contribution in [1.29, 1.82) is 0 Å². The Morgan fingerprint density at radius 3 is 2.62 bits per heavy atom. The Morgan fingerprint density at radius 2 is 2.00 bits per heavy atom. The van der Waals surface area contributed by atoms with Gasteiger partial charge in [-0.3, -0.25) is 0 Å². The molecule has 1 saturated carbocycles. The van der Waals surface area contributed by atoms with E-state index in [0.717, 1.165) is 44.2 Å². The third kappa shape index (κ3) is 2.82. The summed E-state index contributed by atoms with van der Waals surface area (Å²) >= 11 is 0.